The minimum atomic E-state index is -0.0895. The third-order valence-electron chi connectivity index (χ3n) is 4.76. The first kappa shape index (κ1) is 18.5. The number of fused-ring (bicyclic) bond motifs is 1. The monoisotopic (exact) mass is 390 g/mol. The van der Waals surface area contributed by atoms with Crippen LogP contribution in [0.15, 0.2) is 70.7 Å². The minimum absolute atomic E-state index is 0.0895. The zero-order chi connectivity index (χ0) is 19.5. The van der Waals surface area contributed by atoms with Gasteiger partial charge in [-0.25, -0.2) is 4.98 Å². The van der Waals surface area contributed by atoms with E-state index in [2.05, 4.69) is 24.2 Å². The molecule has 2 aromatic carbocycles. The Morgan fingerprint density at radius 1 is 1.04 bits per heavy atom. The van der Waals surface area contributed by atoms with Gasteiger partial charge in [0.1, 0.15) is 5.52 Å². The van der Waals surface area contributed by atoms with Gasteiger partial charge in [-0.3, -0.25) is 14.0 Å². The summed E-state index contributed by atoms with van der Waals surface area (Å²) < 4.78 is 3.51. The molecule has 2 aromatic heterocycles. The van der Waals surface area contributed by atoms with Gasteiger partial charge in [0.15, 0.2) is 10.7 Å². The smallest absolute Gasteiger partial charge is 0.281 e. The van der Waals surface area contributed by atoms with Gasteiger partial charge in [-0.2, -0.15) is 5.10 Å². The first-order valence-electron chi connectivity index (χ1n) is 9.35. The molecule has 0 N–H and O–H groups in total. The van der Waals surface area contributed by atoms with Gasteiger partial charge in [-0.15, -0.1) is 0 Å². The van der Waals surface area contributed by atoms with Crippen LogP contribution in [0.3, 0.4) is 0 Å². The first-order valence-corrected chi connectivity index (χ1v) is 10.3. The molecular formula is C22H22N4OS. The third-order valence-corrected chi connectivity index (χ3v) is 5.79. The van der Waals surface area contributed by atoms with Crippen LogP contribution in [0.1, 0.15) is 23.6 Å². The van der Waals surface area contributed by atoms with E-state index < -0.39 is 0 Å². The Kier molecular flexibility index (Phi) is 5.30. The average molecular weight is 391 g/mol. The van der Waals surface area contributed by atoms with E-state index in [1.54, 1.807) is 21.0 Å². The second kappa shape index (κ2) is 8.02. The maximum absolute atomic E-state index is 13.2. The minimum Gasteiger partial charge on any atom is -0.281 e. The molecule has 4 aromatic rings. The Morgan fingerprint density at radius 3 is 2.54 bits per heavy atom. The number of aryl methyl sites for hydroxylation is 2. The molecule has 0 spiro atoms. The van der Waals surface area contributed by atoms with E-state index in [-0.39, 0.29) is 5.56 Å². The van der Waals surface area contributed by atoms with Crippen molar-refractivity contribution < 1.29 is 0 Å². The number of hydrogen-bond acceptors (Lipinski definition) is 4. The summed E-state index contributed by atoms with van der Waals surface area (Å²) >= 11 is 1.59. The lowest BCUT2D eigenvalue weighted by atomic mass is 10.1. The number of nitrogens with zero attached hydrogens (tertiary/aromatic N) is 4. The van der Waals surface area contributed by atoms with Crippen molar-refractivity contribution in [2.45, 2.75) is 37.8 Å². The maximum atomic E-state index is 13.2. The number of hydrogen-bond donors (Lipinski definition) is 0. The van der Waals surface area contributed by atoms with Gasteiger partial charge in [0.05, 0.1) is 12.7 Å². The molecule has 0 aliphatic heterocycles. The Morgan fingerprint density at radius 2 is 1.79 bits per heavy atom. The van der Waals surface area contributed by atoms with Crippen LogP contribution in [0, 0.1) is 6.92 Å². The summed E-state index contributed by atoms with van der Waals surface area (Å²) in [4.78, 5) is 18.0. The molecule has 0 fully saturated rings. The molecule has 28 heavy (non-hydrogen) atoms. The maximum Gasteiger partial charge on any atom is 0.282 e. The number of rotatable bonds is 6. The fourth-order valence-electron chi connectivity index (χ4n) is 3.12. The topological polar surface area (TPSA) is 52.7 Å². The molecule has 0 saturated carbocycles. The van der Waals surface area contributed by atoms with Crippen molar-refractivity contribution in [2.75, 3.05) is 0 Å². The summed E-state index contributed by atoms with van der Waals surface area (Å²) in [6, 6.07) is 18.3. The highest BCUT2D eigenvalue weighted by atomic mass is 32.2. The lowest BCUT2D eigenvalue weighted by molar-refractivity contribution is 0.650. The van der Waals surface area contributed by atoms with Crippen molar-refractivity contribution >= 4 is 22.8 Å². The Hall–Kier alpha value is -2.86. The molecule has 0 aliphatic rings. The molecule has 2 heterocycles. The fraction of sp³-hybridized carbons (Fsp3) is 0.227. The van der Waals surface area contributed by atoms with Gasteiger partial charge in [-0.1, -0.05) is 66.4 Å². The summed E-state index contributed by atoms with van der Waals surface area (Å²) in [5, 5.41) is 5.14. The number of benzene rings is 2. The highest BCUT2D eigenvalue weighted by Crippen LogP contribution is 2.24. The molecule has 0 saturated heterocycles. The predicted molar refractivity (Wildman–Crippen MR) is 114 cm³/mol. The van der Waals surface area contributed by atoms with Crippen LogP contribution in [-0.4, -0.2) is 19.3 Å². The van der Waals surface area contributed by atoms with Gasteiger partial charge >= 0.3 is 0 Å². The second-order valence-corrected chi connectivity index (χ2v) is 7.65. The lowest BCUT2D eigenvalue weighted by Gasteiger charge is -2.12. The van der Waals surface area contributed by atoms with Crippen molar-refractivity contribution in [1.29, 1.82) is 0 Å². The summed E-state index contributed by atoms with van der Waals surface area (Å²) in [5.74, 6) is 0.765. The van der Waals surface area contributed by atoms with Crippen molar-refractivity contribution in [1.82, 2.24) is 19.3 Å². The van der Waals surface area contributed by atoms with Crippen LogP contribution >= 0.6 is 11.8 Å². The van der Waals surface area contributed by atoms with Crippen molar-refractivity contribution in [3.63, 3.8) is 0 Å². The molecule has 0 aliphatic carbocycles. The van der Waals surface area contributed by atoms with E-state index >= 15 is 0 Å². The molecule has 0 radical (unpaired) electrons. The van der Waals surface area contributed by atoms with E-state index in [1.165, 1.54) is 11.1 Å². The Labute approximate surface area is 168 Å². The Bertz CT molecular complexity index is 1160. The van der Waals surface area contributed by atoms with E-state index in [4.69, 9.17) is 4.98 Å². The van der Waals surface area contributed by atoms with Crippen LogP contribution in [0.5, 0.6) is 0 Å². The van der Waals surface area contributed by atoms with E-state index in [0.29, 0.717) is 24.1 Å². The molecular weight excluding hydrogens is 368 g/mol. The molecule has 0 unspecified atom stereocenters. The standard InChI is InChI=1S/C22H22N4OS/c1-3-25-14-19-20(24-25)21(27)26(13-17-10-5-4-6-11-17)22(23-19)28-15-18-12-8-7-9-16(18)2/h4-12,14H,3,13,15H2,1-2H3. The largest absolute Gasteiger partial charge is 0.282 e. The summed E-state index contributed by atoms with van der Waals surface area (Å²) in [6.45, 7) is 5.30. The van der Waals surface area contributed by atoms with E-state index in [1.807, 2.05) is 55.6 Å². The van der Waals surface area contributed by atoms with Gasteiger partial charge in [0.25, 0.3) is 5.56 Å². The predicted octanol–water partition coefficient (Wildman–Crippen LogP) is 4.26. The van der Waals surface area contributed by atoms with Gasteiger partial charge < -0.3 is 0 Å². The quantitative estimate of drug-likeness (QED) is 0.365. The molecule has 6 heteroatoms. The Balaban J connectivity index is 1.76. The molecule has 5 nitrogen and oxygen atoms in total. The molecule has 142 valence electrons. The van der Waals surface area contributed by atoms with Crippen LogP contribution in [0.4, 0.5) is 0 Å². The first-order chi connectivity index (χ1) is 13.7. The fourth-order valence-corrected chi connectivity index (χ4v) is 4.19. The van der Waals surface area contributed by atoms with E-state index in [0.717, 1.165) is 16.5 Å². The van der Waals surface area contributed by atoms with Crippen LogP contribution in [0.2, 0.25) is 0 Å². The van der Waals surface area contributed by atoms with Crippen LogP contribution < -0.4 is 5.56 Å². The van der Waals surface area contributed by atoms with Gasteiger partial charge in [0.2, 0.25) is 0 Å². The molecule has 4 rings (SSSR count). The zero-order valence-electron chi connectivity index (χ0n) is 16.0. The number of aromatic nitrogens is 4. The lowest BCUT2D eigenvalue weighted by Crippen LogP contribution is -2.24. The summed E-state index contributed by atoms with van der Waals surface area (Å²) in [7, 11) is 0. The highest BCUT2D eigenvalue weighted by Gasteiger charge is 2.15. The van der Waals surface area contributed by atoms with E-state index in [9.17, 15) is 4.79 Å². The van der Waals surface area contributed by atoms with Crippen molar-refractivity contribution in [2.24, 2.45) is 0 Å². The number of thioether (sulfide) groups is 1. The van der Waals surface area contributed by atoms with Gasteiger partial charge in [0, 0.05) is 12.3 Å². The molecule has 0 atom stereocenters. The van der Waals surface area contributed by atoms with Crippen LogP contribution in [0.25, 0.3) is 11.0 Å². The zero-order valence-corrected chi connectivity index (χ0v) is 16.8. The molecule has 0 bridgehead atoms. The summed E-state index contributed by atoms with van der Waals surface area (Å²) in [5.41, 5.74) is 4.55. The van der Waals surface area contributed by atoms with Gasteiger partial charge in [-0.05, 0) is 30.5 Å². The van der Waals surface area contributed by atoms with Crippen molar-refractivity contribution in [3.05, 3.63) is 87.8 Å². The third kappa shape index (κ3) is 3.73. The average Bonchev–Trinajstić information content (AvgIpc) is 3.14. The van der Waals surface area contributed by atoms with Crippen LogP contribution in [-0.2, 0) is 18.8 Å². The summed E-state index contributed by atoms with van der Waals surface area (Å²) in [6.07, 6.45) is 1.85. The SMILES string of the molecule is CCn1cc2nc(SCc3ccccc3C)n(Cc3ccccc3)c(=O)c2n1. The normalized spacial score (nSPS) is 11.2. The second-order valence-electron chi connectivity index (χ2n) is 6.71. The molecule has 0 amide bonds. The highest BCUT2D eigenvalue weighted by molar-refractivity contribution is 7.98. The van der Waals surface area contributed by atoms with Crippen molar-refractivity contribution in [3.8, 4) is 0 Å².